The number of hydrogen-bond acceptors (Lipinski definition) is 6. The molecular weight excluding hydrogens is 443 g/mol. The smallest absolute Gasteiger partial charge is 0.275 e. The van der Waals surface area contributed by atoms with Gasteiger partial charge in [-0.05, 0) is 36.2 Å². The van der Waals surface area contributed by atoms with Gasteiger partial charge in [-0.15, -0.1) is 0 Å². The van der Waals surface area contributed by atoms with E-state index < -0.39 is 28.8 Å². The number of aromatic nitrogens is 1. The van der Waals surface area contributed by atoms with E-state index in [0.717, 1.165) is 18.7 Å². The molecule has 0 aliphatic carbocycles. The molecule has 176 valence electrons. The highest BCUT2D eigenvalue weighted by Crippen LogP contribution is 2.29. The average molecular weight is 466 g/mol. The zero-order chi connectivity index (χ0) is 23.8. The van der Waals surface area contributed by atoms with Gasteiger partial charge >= 0.3 is 0 Å². The number of carbonyl (C=O) groups excluding carboxylic acids is 2. The lowest BCUT2D eigenvalue weighted by Crippen LogP contribution is -2.60. The highest BCUT2D eigenvalue weighted by Gasteiger charge is 2.40. The largest absolute Gasteiger partial charge is 0.503 e. The molecule has 3 aromatic rings. The molecule has 1 atom stereocenters. The maximum Gasteiger partial charge on any atom is 0.275 e. The van der Waals surface area contributed by atoms with Gasteiger partial charge < -0.3 is 24.3 Å². The van der Waals surface area contributed by atoms with E-state index in [4.69, 9.17) is 4.42 Å². The van der Waals surface area contributed by atoms with Gasteiger partial charge in [-0.1, -0.05) is 12.1 Å². The topological polar surface area (TPSA) is 108 Å². The minimum Gasteiger partial charge on any atom is -0.503 e. The van der Waals surface area contributed by atoms with Crippen LogP contribution in [0.4, 0.5) is 4.39 Å². The molecule has 2 aliphatic rings. The second kappa shape index (κ2) is 8.79. The Kier molecular flexibility index (Phi) is 5.66. The molecule has 34 heavy (non-hydrogen) atoms. The van der Waals surface area contributed by atoms with Crippen molar-refractivity contribution in [3.63, 3.8) is 0 Å². The monoisotopic (exact) mass is 466 g/mol. The van der Waals surface area contributed by atoms with Crippen LogP contribution in [-0.2, 0) is 19.6 Å². The number of hydrogen-bond donors (Lipinski definition) is 2. The van der Waals surface area contributed by atoms with Crippen LogP contribution in [0, 0.1) is 5.82 Å². The number of nitrogens with one attached hydrogen (secondary N) is 1. The van der Waals surface area contributed by atoms with Gasteiger partial charge in [-0.2, -0.15) is 0 Å². The zero-order valence-electron chi connectivity index (χ0n) is 18.2. The molecule has 0 saturated carbocycles. The van der Waals surface area contributed by atoms with E-state index in [0.29, 0.717) is 18.7 Å². The summed E-state index contributed by atoms with van der Waals surface area (Å²) < 4.78 is 20.0. The molecule has 1 saturated heterocycles. The van der Waals surface area contributed by atoms with Gasteiger partial charge in [-0.3, -0.25) is 19.3 Å². The van der Waals surface area contributed by atoms with E-state index in [-0.39, 0.29) is 30.5 Å². The fraction of sp³-hybridized carbons (Fsp3) is 0.292. The lowest BCUT2D eigenvalue weighted by molar-refractivity contribution is -0.0165. The van der Waals surface area contributed by atoms with Crippen LogP contribution in [0.5, 0.6) is 5.75 Å². The molecule has 5 rings (SSSR count). The van der Waals surface area contributed by atoms with Crippen LogP contribution < -0.4 is 10.7 Å². The summed E-state index contributed by atoms with van der Waals surface area (Å²) in [4.78, 5) is 42.5. The first kappa shape index (κ1) is 21.9. The first-order chi connectivity index (χ1) is 16.4. The summed E-state index contributed by atoms with van der Waals surface area (Å²) in [6.07, 6.45) is 3.36. The molecule has 0 spiro atoms. The van der Waals surface area contributed by atoms with Crippen LogP contribution in [-0.4, -0.2) is 50.5 Å². The molecule has 9 nitrogen and oxygen atoms in total. The number of nitrogens with zero attached hydrogens (tertiary/aromatic N) is 3. The van der Waals surface area contributed by atoms with Crippen molar-refractivity contribution in [3.05, 3.63) is 87.5 Å². The van der Waals surface area contributed by atoms with E-state index >= 15 is 0 Å². The maximum atomic E-state index is 13.2. The van der Waals surface area contributed by atoms with Gasteiger partial charge in [0.1, 0.15) is 23.3 Å². The summed E-state index contributed by atoms with van der Waals surface area (Å²) in [6.45, 7) is 2.13. The van der Waals surface area contributed by atoms with Crippen LogP contribution in [0.2, 0.25) is 0 Å². The minimum atomic E-state index is -0.904. The second-order valence-corrected chi connectivity index (χ2v) is 8.41. The van der Waals surface area contributed by atoms with Crippen LogP contribution in [0.1, 0.15) is 38.6 Å². The van der Waals surface area contributed by atoms with E-state index in [2.05, 4.69) is 10.2 Å². The standard InChI is InChI=1S/C24H23FN4O5/c25-16-6-4-15(5-7-16)11-26-23(32)18-13-28-14-19-27(12-17-3-1-10-34-17)8-2-9-29(19)24(33)20(28)22(31)21(18)30/h1,3-7,10,13,19,31H,2,8-9,11-12,14H2,(H,26,32). The summed E-state index contributed by atoms with van der Waals surface area (Å²) in [5, 5.41) is 13.2. The maximum absolute atomic E-state index is 13.2. The molecular formula is C24H23FN4O5. The Hall–Kier alpha value is -3.92. The van der Waals surface area contributed by atoms with Crippen LogP contribution in [0.15, 0.2) is 58.1 Å². The number of furan rings is 1. The molecule has 2 aliphatic heterocycles. The molecule has 10 heteroatoms. The van der Waals surface area contributed by atoms with Gasteiger partial charge in [0.25, 0.3) is 11.8 Å². The minimum absolute atomic E-state index is 0.0767. The third kappa shape index (κ3) is 3.96. The fourth-order valence-corrected chi connectivity index (χ4v) is 4.55. The Morgan fingerprint density at radius 1 is 1.18 bits per heavy atom. The highest BCUT2D eigenvalue weighted by atomic mass is 19.1. The van der Waals surface area contributed by atoms with Gasteiger partial charge in [0.2, 0.25) is 5.43 Å². The Labute approximate surface area is 194 Å². The van der Waals surface area contributed by atoms with Crippen molar-refractivity contribution in [2.24, 2.45) is 0 Å². The number of pyridine rings is 1. The molecule has 1 fully saturated rings. The lowest BCUT2D eigenvalue weighted by Gasteiger charge is -2.46. The summed E-state index contributed by atoms with van der Waals surface area (Å²) in [7, 11) is 0. The van der Waals surface area contributed by atoms with E-state index in [1.54, 1.807) is 17.2 Å². The number of amides is 2. The molecule has 4 heterocycles. The first-order valence-electron chi connectivity index (χ1n) is 11.0. The third-order valence-electron chi connectivity index (χ3n) is 6.26. The molecule has 1 unspecified atom stereocenters. The van der Waals surface area contributed by atoms with Crippen molar-refractivity contribution in [1.82, 2.24) is 19.7 Å². The third-order valence-corrected chi connectivity index (χ3v) is 6.26. The van der Waals surface area contributed by atoms with Crippen LogP contribution in [0.25, 0.3) is 0 Å². The van der Waals surface area contributed by atoms with E-state index in [1.165, 1.54) is 35.0 Å². The SMILES string of the molecule is O=C(NCc1ccc(F)cc1)c1cn2c(c(O)c1=O)C(=O)N1CCCN(Cc3ccco3)C1C2. The summed E-state index contributed by atoms with van der Waals surface area (Å²) in [5.74, 6) is -1.50. The molecule has 2 amide bonds. The van der Waals surface area contributed by atoms with Gasteiger partial charge in [0.15, 0.2) is 11.4 Å². The predicted molar refractivity (Wildman–Crippen MR) is 118 cm³/mol. The molecule has 1 aromatic carbocycles. The van der Waals surface area contributed by atoms with Gasteiger partial charge in [-0.25, -0.2) is 4.39 Å². The van der Waals surface area contributed by atoms with Crippen molar-refractivity contribution in [2.75, 3.05) is 13.1 Å². The molecule has 0 bridgehead atoms. The average Bonchev–Trinajstić information content (AvgIpc) is 3.34. The normalized spacial score (nSPS) is 17.9. The Morgan fingerprint density at radius 2 is 1.97 bits per heavy atom. The summed E-state index contributed by atoms with van der Waals surface area (Å²) in [5.41, 5.74) is -0.632. The first-order valence-corrected chi connectivity index (χ1v) is 11.0. The zero-order valence-corrected chi connectivity index (χ0v) is 18.2. The summed E-state index contributed by atoms with van der Waals surface area (Å²) in [6, 6.07) is 9.27. The number of carbonyl (C=O) groups is 2. The highest BCUT2D eigenvalue weighted by molar-refractivity contribution is 5.99. The van der Waals surface area contributed by atoms with Gasteiger partial charge in [0.05, 0.1) is 19.4 Å². The van der Waals surface area contributed by atoms with E-state index in [9.17, 15) is 23.9 Å². The van der Waals surface area contributed by atoms with Crippen molar-refractivity contribution in [1.29, 1.82) is 0 Å². The fourth-order valence-electron chi connectivity index (χ4n) is 4.55. The number of rotatable bonds is 5. The van der Waals surface area contributed by atoms with Crippen molar-refractivity contribution in [2.45, 2.75) is 32.2 Å². The number of aromatic hydroxyl groups is 1. The van der Waals surface area contributed by atoms with Crippen LogP contribution >= 0.6 is 0 Å². The summed E-state index contributed by atoms with van der Waals surface area (Å²) >= 11 is 0. The van der Waals surface area contributed by atoms with Gasteiger partial charge in [0, 0.05) is 25.8 Å². The molecule has 2 N–H and O–H groups in total. The number of benzene rings is 1. The molecule has 2 aromatic heterocycles. The quantitative estimate of drug-likeness (QED) is 0.595. The van der Waals surface area contributed by atoms with E-state index in [1.807, 2.05) is 6.07 Å². The van der Waals surface area contributed by atoms with Crippen molar-refractivity contribution >= 4 is 11.8 Å². The Bertz CT molecular complexity index is 1290. The van der Waals surface area contributed by atoms with Crippen molar-refractivity contribution in [3.8, 4) is 5.75 Å². The second-order valence-electron chi connectivity index (χ2n) is 8.41. The number of halogens is 1. The molecule has 0 radical (unpaired) electrons. The number of fused-ring (bicyclic) bond motifs is 2. The Morgan fingerprint density at radius 3 is 2.71 bits per heavy atom. The van der Waals surface area contributed by atoms with Crippen molar-refractivity contribution < 1.29 is 23.5 Å². The predicted octanol–water partition coefficient (Wildman–Crippen LogP) is 1.90. The Balaban J connectivity index is 1.42. The lowest BCUT2D eigenvalue weighted by atomic mass is 10.1. The van der Waals surface area contributed by atoms with Crippen LogP contribution in [0.3, 0.4) is 0 Å².